The molecule has 1 aromatic rings. The average molecular weight is 211 g/mol. The minimum Gasteiger partial charge on any atom is -0.480 e. The van der Waals surface area contributed by atoms with Gasteiger partial charge in [-0.2, -0.15) is 0 Å². The zero-order valence-corrected chi connectivity index (χ0v) is 7.62. The normalized spacial score (nSPS) is 12.1. The van der Waals surface area contributed by atoms with Crippen LogP contribution in [0.5, 0.6) is 0 Å². The zero-order chi connectivity index (χ0) is 11.4. The van der Waals surface area contributed by atoms with Gasteiger partial charge in [0.15, 0.2) is 5.69 Å². The third kappa shape index (κ3) is 2.71. The van der Waals surface area contributed by atoms with Crippen molar-refractivity contribution in [3.05, 3.63) is 23.8 Å². The Balaban J connectivity index is 2.94. The fourth-order valence-corrected chi connectivity index (χ4v) is 0.990. The number of nitrogens with zero attached hydrogens (tertiary/aromatic N) is 2. The standard InChI is InChI=1S/C8H9N3O4/c9-4(7(12)13)3-5-6(8(14)15)11-2-1-10-5/h1-2,4H,3,9H2,(H,12,13)(H,14,15)/t4-/m0/s1. The van der Waals surface area contributed by atoms with Crippen LogP contribution in [-0.4, -0.2) is 38.2 Å². The van der Waals surface area contributed by atoms with E-state index in [4.69, 9.17) is 15.9 Å². The van der Waals surface area contributed by atoms with Crippen molar-refractivity contribution in [2.75, 3.05) is 0 Å². The first-order chi connectivity index (χ1) is 7.02. The van der Waals surface area contributed by atoms with E-state index in [2.05, 4.69) is 9.97 Å². The molecule has 0 amide bonds. The van der Waals surface area contributed by atoms with Crippen molar-refractivity contribution in [1.82, 2.24) is 9.97 Å². The molecule has 0 radical (unpaired) electrons. The molecule has 80 valence electrons. The summed E-state index contributed by atoms with van der Waals surface area (Å²) in [5.74, 6) is -2.47. The first kappa shape index (κ1) is 11.1. The largest absolute Gasteiger partial charge is 0.480 e. The summed E-state index contributed by atoms with van der Waals surface area (Å²) >= 11 is 0. The van der Waals surface area contributed by atoms with Gasteiger partial charge in [-0.25, -0.2) is 9.78 Å². The van der Waals surface area contributed by atoms with Gasteiger partial charge in [0.1, 0.15) is 6.04 Å². The molecule has 7 nitrogen and oxygen atoms in total. The van der Waals surface area contributed by atoms with E-state index in [1.807, 2.05) is 0 Å². The first-order valence-electron chi connectivity index (χ1n) is 4.04. The fraction of sp³-hybridized carbons (Fsp3) is 0.250. The molecule has 1 aromatic heterocycles. The fourth-order valence-electron chi connectivity index (χ4n) is 0.990. The second-order valence-corrected chi connectivity index (χ2v) is 2.81. The minimum absolute atomic E-state index is 0.0694. The zero-order valence-electron chi connectivity index (χ0n) is 7.62. The summed E-state index contributed by atoms with van der Waals surface area (Å²) in [4.78, 5) is 28.5. The monoisotopic (exact) mass is 211 g/mol. The van der Waals surface area contributed by atoms with Gasteiger partial charge in [0.25, 0.3) is 0 Å². The van der Waals surface area contributed by atoms with Crippen LogP contribution in [-0.2, 0) is 11.2 Å². The molecule has 1 atom stereocenters. The molecule has 1 heterocycles. The van der Waals surface area contributed by atoms with Crippen molar-refractivity contribution in [3.8, 4) is 0 Å². The second kappa shape index (κ2) is 4.47. The van der Waals surface area contributed by atoms with Crippen LogP contribution in [0.2, 0.25) is 0 Å². The number of carboxylic acids is 2. The Morgan fingerprint density at radius 2 is 1.93 bits per heavy atom. The molecule has 15 heavy (non-hydrogen) atoms. The van der Waals surface area contributed by atoms with Crippen molar-refractivity contribution in [2.45, 2.75) is 12.5 Å². The molecule has 4 N–H and O–H groups in total. The van der Waals surface area contributed by atoms with Gasteiger partial charge in [-0.05, 0) is 0 Å². The number of hydrogen-bond acceptors (Lipinski definition) is 5. The van der Waals surface area contributed by atoms with E-state index in [0.29, 0.717) is 0 Å². The molecule has 0 bridgehead atoms. The van der Waals surface area contributed by atoms with Crippen molar-refractivity contribution in [3.63, 3.8) is 0 Å². The lowest BCUT2D eigenvalue weighted by Gasteiger charge is -2.06. The highest BCUT2D eigenvalue weighted by Crippen LogP contribution is 2.04. The van der Waals surface area contributed by atoms with Crippen molar-refractivity contribution in [2.24, 2.45) is 5.73 Å². The predicted octanol–water partition coefficient (Wildman–Crippen LogP) is -0.871. The van der Waals surface area contributed by atoms with Crippen LogP contribution in [0.4, 0.5) is 0 Å². The maximum Gasteiger partial charge on any atom is 0.356 e. The molecule has 0 aliphatic rings. The van der Waals surface area contributed by atoms with E-state index in [9.17, 15) is 9.59 Å². The van der Waals surface area contributed by atoms with E-state index in [1.54, 1.807) is 0 Å². The van der Waals surface area contributed by atoms with Gasteiger partial charge >= 0.3 is 11.9 Å². The van der Waals surface area contributed by atoms with Gasteiger partial charge < -0.3 is 15.9 Å². The van der Waals surface area contributed by atoms with Crippen molar-refractivity contribution >= 4 is 11.9 Å². The number of nitrogens with two attached hydrogens (primary N) is 1. The number of aromatic carboxylic acids is 1. The topological polar surface area (TPSA) is 126 Å². The van der Waals surface area contributed by atoms with Gasteiger partial charge in [0, 0.05) is 18.8 Å². The summed E-state index contributed by atoms with van der Waals surface area (Å²) in [6.45, 7) is 0. The highest BCUT2D eigenvalue weighted by molar-refractivity contribution is 5.86. The molecule has 1 rings (SSSR count). The molecule has 0 spiro atoms. The van der Waals surface area contributed by atoms with Crippen LogP contribution < -0.4 is 5.73 Å². The molecule has 0 aromatic carbocycles. The number of rotatable bonds is 4. The van der Waals surface area contributed by atoms with Crippen molar-refractivity contribution in [1.29, 1.82) is 0 Å². The Bertz CT molecular complexity index is 393. The Morgan fingerprint density at radius 3 is 2.47 bits per heavy atom. The SMILES string of the molecule is N[C@@H](Cc1nccnc1C(=O)O)C(=O)O. The van der Waals surface area contributed by atoms with Gasteiger partial charge in [-0.3, -0.25) is 9.78 Å². The lowest BCUT2D eigenvalue weighted by atomic mass is 10.1. The van der Waals surface area contributed by atoms with Gasteiger partial charge in [0.05, 0.1) is 5.69 Å². The van der Waals surface area contributed by atoms with Crippen LogP contribution in [0.1, 0.15) is 16.2 Å². The lowest BCUT2D eigenvalue weighted by Crippen LogP contribution is -2.33. The smallest absolute Gasteiger partial charge is 0.356 e. The number of carbonyl (C=O) groups is 2. The Morgan fingerprint density at radius 1 is 1.33 bits per heavy atom. The van der Waals surface area contributed by atoms with Gasteiger partial charge in [-0.15, -0.1) is 0 Å². The minimum atomic E-state index is -1.25. The molecule has 7 heteroatoms. The van der Waals surface area contributed by atoms with Crippen LogP contribution in [0.25, 0.3) is 0 Å². The number of hydrogen-bond donors (Lipinski definition) is 3. The molecular weight excluding hydrogens is 202 g/mol. The third-order valence-corrected chi connectivity index (χ3v) is 1.71. The van der Waals surface area contributed by atoms with Gasteiger partial charge in [-0.1, -0.05) is 0 Å². The highest BCUT2D eigenvalue weighted by atomic mass is 16.4. The van der Waals surface area contributed by atoms with E-state index in [1.165, 1.54) is 12.4 Å². The van der Waals surface area contributed by atoms with E-state index in [0.717, 1.165) is 0 Å². The molecule has 0 saturated carbocycles. The van der Waals surface area contributed by atoms with Crippen LogP contribution in [0.15, 0.2) is 12.4 Å². The van der Waals surface area contributed by atoms with Crippen LogP contribution >= 0.6 is 0 Å². The molecule has 0 aliphatic heterocycles. The maximum atomic E-state index is 10.7. The summed E-state index contributed by atoms with van der Waals surface area (Å²) in [7, 11) is 0. The summed E-state index contributed by atoms with van der Waals surface area (Å²) in [5, 5.41) is 17.3. The van der Waals surface area contributed by atoms with E-state index in [-0.39, 0.29) is 17.8 Å². The number of aliphatic carboxylic acids is 1. The second-order valence-electron chi connectivity index (χ2n) is 2.81. The van der Waals surface area contributed by atoms with E-state index >= 15 is 0 Å². The average Bonchev–Trinajstić information content (AvgIpc) is 2.18. The number of aromatic nitrogens is 2. The molecule has 0 fully saturated rings. The highest BCUT2D eigenvalue weighted by Gasteiger charge is 2.19. The summed E-state index contributed by atoms with van der Waals surface area (Å²) in [6, 6.07) is -1.18. The van der Waals surface area contributed by atoms with E-state index < -0.39 is 18.0 Å². The molecule has 0 aliphatic carbocycles. The summed E-state index contributed by atoms with van der Waals surface area (Å²) in [5.41, 5.74) is 5.06. The van der Waals surface area contributed by atoms with Gasteiger partial charge in [0.2, 0.25) is 0 Å². The van der Waals surface area contributed by atoms with Crippen LogP contribution in [0.3, 0.4) is 0 Å². The lowest BCUT2D eigenvalue weighted by molar-refractivity contribution is -0.138. The Labute approximate surface area is 84.6 Å². The summed E-state index contributed by atoms with van der Waals surface area (Å²) in [6.07, 6.45) is 2.35. The van der Waals surface area contributed by atoms with Crippen molar-refractivity contribution < 1.29 is 19.8 Å². The quantitative estimate of drug-likeness (QED) is 0.590. The first-order valence-corrected chi connectivity index (χ1v) is 4.04. The predicted molar refractivity (Wildman–Crippen MR) is 48.3 cm³/mol. The number of carboxylic acid groups (broad SMARTS) is 2. The third-order valence-electron chi connectivity index (χ3n) is 1.71. The van der Waals surface area contributed by atoms with Crippen LogP contribution in [0, 0.1) is 0 Å². The Hall–Kier alpha value is -2.02. The summed E-state index contributed by atoms with van der Waals surface area (Å²) < 4.78 is 0. The molecule has 0 unspecified atom stereocenters. The maximum absolute atomic E-state index is 10.7. The molecule has 0 saturated heterocycles. The Kier molecular flexibility index (Phi) is 3.29. The molecular formula is C8H9N3O4.